The zero-order valence-electron chi connectivity index (χ0n) is 16.5. The fourth-order valence-electron chi connectivity index (χ4n) is 2.50. The number of carboxylic acids is 1. The van der Waals surface area contributed by atoms with E-state index in [1.165, 1.54) is 11.8 Å². The van der Waals surface area contributed by atoms with Gasteiger partial charge in [-0.15, -0.1) is 0 Å². The molecular formula is C19H35NO5S. The first kappa shape index (κ1) is 24.9. The maximum absolute atomic E-state index is 11.8. The second kappa shape index (κ2) is 15.0. The summed E-state index contributed by atoms with van der Waals surface area (Å²) < 4.78 is 4.87. The Balaban J connectivity index is 4.25. The van der Waals surface area contributed by atoms with Crippen molar-refractivity contribution in [2.45, 2.75) is 77.7 Å². The quantitative estimate of drug-likeness (QED) is 0.291. The lowest BCUT2D eigenvalue weighted by molar-refractivity contribution is -0.144. The van der Waals surface area contributed by atoms with Crippen molar-refractivity contribution in [2.24, 2.45) is 0 Å². The topological polar surface area (TPSA) is 92.7 Å². The minimum atomic E-state index is -1.03. The second-order valence-electron chi connectivity index (χ2n) is 6.37. The number of ether oxygens (including phenoxy) is 1. The molecule has 0 aliphatic carbocycles. The summed E-state index contributed by atoms with van der Waals surface area (Å²) in [6.07, 6.45) is 5.44. The first-order chi connectivity index (χ1) is 12.4. The van der Waals surface area contributed by atoms with E-state index in [9.17, 15) is 19.5 Å². The lowest BCUT2D eigenvalue weighted by atomic mass is 9.98. The molecule has 0 heterocycles. The molecule has 0 spiro atoms. The number of unbranched alkanes of at least 4 members (excludes halogenated alkanes) is 2. The molecule has 0 aromatic heterocycles. The number of nitrogens with one attached hydrogen (secondary N) is 1. The molecule has 0 saturated heterocycles. The van der Waals surface area contributed by atoms with Crippen molar-refractivity contribution in [3.8, 4) is 0 Å². The third-order valence-electron chi connectivity index (χ3n) is 4.26. The lowest BCUT2D eigenvalue weighted by Crippen LogP contribution is -2.54. The number of carbonyl (C=O) groups excluding carboxylic acids is 2. The number of thioether (sulfide) groups is 1. The smallest absolute Gasteiger partial charge is 0.324 e. The molecule has 26 heavy (non-hydrogen) atoms. The number of esters is 1. The van der Waals surface area contributed by atoms with E-state index in [1.807, 2.05) is 6.92 Å². The number of carboxylic acid groups (broad SMARTS) is 1. The number of hydrogen-bond donors (Lipinski definition) is 2. The summed E-state index contributed by atoms with van der Waals surface area (Å²) in [6.45, 7) is 6.47. The Morgan fingerprint density at radius 3 is 2.35 bits per heavy atom. The number of aliphatic carboxylic acids is 1. The first-order valence-electron chi connectivity index (χ1n) is 9.65. The molecule has 0 bridgehead atoms. The van der Waals surface area contributed by atoms with Crippen LogP contribution in [0, 0.1) is 0 Å². The number of hydrogen-bond acceptors (Lipinski definition) is 6. The van der Waals surface area contributed by atoms with E-state index in [4.69, 9.17) is 4.74 Å². The van der Waals surface area contributed by atoms with Gasteiger partial charge in [0.1, 0.15) is 11.3 Å². The fourth-order valence-corrected chi connectivity index (χ4v) is 3.77. The zero-order valence-corrected chi connectivity index (χ0v) is 17.3. The van der Waals surface area contributed by atoms with Crippen LogP contribution in [0.1, 0.15) is 72.1 Å². The highest BCUT2D eigenvalue weighted by Crippen LogP contribution is 2.19. The van der Waals surface area contributed by atoms with Gasteiger partial charge in [0.05, 0.1) is 6.61 Å². The van der Waals surface area contributed by atoms with E-state index in [0.29, 0.717) is 56.8 Å². The van der Waals surface area contributed by atoms with Crippen LogP contribution in [-0.2, 0) is 19.1 Å². The van der Waals surface area contributed by atoms with Crippen LogP contribution in [0.5, 0.6) is 0 Å². The molecule has 0 aliphatic rings. The van der Waals surface area contributed by atoms with Crippen LogP contribution in [0.2, 0.25) is 0 Å². The average molecular weight is 390 g/mol. The molecule has 0 radical (unpaired) electrons. The number of Topliss-reactive ketones (excluding diaryl/α,β-unsaturated/α-hetero) is 1. The minimum Gasteiger partial charge on any atom is -0.480 e. The Morgan fingerprint density at radius 1 is 1.04 bits per heavy atom. The van der Waals surface area contributed by atoms with Crippen molar-refractivity contribution in [1.29, 1.82) is 0 Å². The molecule has 1 unspecified atom stereocenters. The molecule has 6 nitrogen and oxygen atoms in total. The predicted molar refractivity (Wildman–Crippen MR) is 106 cm³/mol. The number of rotatable bonds is 17. The molecule has 0 fully saturated rings. The van der Waals surface area contributed by atoms with Gasteiger partial charge in [-0.05, 0) is 31.9 Å². The molecule has 0 rings (SSSR count). The van der Waals surface area contributed by atoms with Crippen molar-refractivity contribution >= 4 is 29.5 Å². The molecule has 7 heteroatoms. The van der Waals surface area contributed by atoms with Gasteiger partial charge in [0.2, 0.25) is 0 Å². The molecular weight excluding hydrogens is 354 g/mol. The molecule has 0 aromatic rings. The van der Waals surface area contributed by atoms with Crippen LogP contribution < -0.4 is 5.32 Å². The maximum atomic E-state index is 11.8. The van der Waals surface area contributed by atoms with Crippen molar-refractivity contribution in [1.82, 2.24) is 5.32 Å². The van der Waals surface area contributed by atoms with Crippen LogP contribution in [0.25, 0.3) is 0 Å². The Kier molecular flexibility index (Phi) is 14.4. The van der Waals surface area contributed by atoms with Gasteiger partial charge in [-0.1, -0.05) is 26.7 Å². The van der Waals surface area contributed by atoms with Gasteiger partial charge in [-0.3, -0.25) is 14.4 Å². The SMILES string of the molecule is CCCCCC(=O)CCNC(CC)(CSCCCC(=O)OCC)C(=O)O. The fraction of sp³-hybridized carbons (Fsp3) is 0.842. The summed E-state index contributed by atoms with van der Waals surface area (Å²) in [5.74, 6) is 0.185. The number of ketones is 1. The molecule has 0 saturated carbocycles. The highest BCUT2D eigenvalue weighted by atomic mass is 32.2. The molecule has 0 amide bonds. The molecule has 0 aromatic carbocycles. The van der Waals surface area contributed by atoms with E-state index in [-0.39, 0.29) is 11.8 Å². The van der Waals surface area contributed by atoms with Gasteiger partial charge >= 0.3 is 11.9 Å². The van der Waals surface area contributed by atoms with Gasteiger partial charge in [0, 0.05) is 31.6 Å². The van der Waals surface area contributed by atoms with Crippen LogP contribution in [0.3, 0.4) is 0 Å². The normalized spacial score (nSPS) is 13.2. The third kappa shape index (κ3) is 10.8. The van der Waals surface area contributed by atoms with E-state index in [1.54, 1.807) is 6.92 Å². The van der Waals surface area contributed by atoms with Crippen LogP contribution in [0.15, 0.2) is 0 Å². The summed E-state index contributed by atoms with van der Waals surface area (Å²) >= 11 is 1.51. The molecule has 0 aliphatic heterocycles. The average Bonchev–Trinajstić information content (AvgIpc) is 2.60. The Labute approximate surface area is 161 Å². The van der Waals surface area contributed by atoms with Crippen LogP contribution in [-0.4, -0.2) is 53.0 Å². The Morgan fingerprint density at radius 2 is 1.77 bits per heavy atom. The molecule has 2 N–H and O–H groups in total. The van der Waals surface area contributed by atoms with E-state index >= 15 is 0 Å². The third-order valence-corrected chi connectivity index (χ3v) is 5.54. The second-order valence-corrected chi connectivity index (χ2v) is 7.48. The maximum Gasteiger partial charge on any atom is 0.324 e. The van der Waals surface area contributed by atoms with E-state index in [0.717, 1.165) is 19.3 Å². The van der Waals surface area contributed by atoms with Gasteiger partial charge in [-0.25, -0.2) is 0 Å². The lowest BCUT2D eigenvalue weighted by Gasteiger charge is -2.29. The molecule has 1 atom stereocenters. The monoisotopic (exact) mass is 389 g/mol. The zero-order chi connectivity index (χ0) is 19.8. The first-order valence-corrected chi connectivity index (χ1v) is 10.8. The summed E-state index contributed by atoms with van der Waals surface area (Å²) in [6, 6.07) is 0. The van der Waals surface area contributed by atoms with Crippen molar-refractivity contribution < 1.29 is 24.2 Å². The van der Waals surface area contributed by atoms with Gasteiger partial charge in [0.25, 0.3) is 0 Å². The highest BCUT2D eigenvalue weighted by molar-refractivity contribution is 7.99. The van der Waals surface area contributed by atoms with Crippen molar-refractivity contribution in [2.75, 3.05) is 24.7 Å². The van der Waals surface area contributed by atoms with Crippen LogP contribution >= 0.6 is 11.8 Å². The predicted octanol–water partition coefficient (Wildman–Crippen LogP) is 3.43. The van der Waals surface area contributed by atoms with Crippen molar-refractivity contribution in [3.63, 3.8) is 0 Å². The molecule has 152 valence electrons. The standard InChI is InChI=1S/C19H35NO5S/c1-4-7-8-10-16(21)12-13-20-19(5-2,18(23)24)15-26-14-9-11-17(22)25-6-3/h20H,4-15H2,1-3H3,(H,23,24). The summed E-state index contributed by atoms with van der Waals surface area (Å²) in [5, 5.41) is 12.7. The largest absolute Gasteiger partial charge is 0.480 e. The Bertz CT molecular complexity index is 430. The summed E-state index contributed by atoms with van der Waals surface area (Å²) in [5.41, 5.74) is -1.03. The van der Waals surface area contributed by atoms with Gasteiger partial charge in [0.15, 0.2) is 0 Å². The van der Waals surface area contributed by atoms with Gasteiger partial charge in [-0.2, -0.15) is 11.8 Å². The van der Waals surface area contributed by atoms with Crippen molar-refractivity contribution in [3.05, 3.63) is 0 Å². The summed E-state index contributed by atoms with van der Waals surface area (Å²) in [4.78, 5) is 34.9. The van der Waals surface area contributed by atoms with E-state index in [2.05, 4.69) is 12.2 Å². The van der Waals surface area contributed by atoms with Gasteiger partial charge < -0.3 is 15.2 Å². The minimum absolute atomic E-state index is 0.184. The Hall–Kier alpha value is -1.08. The number of carbonyl (C=O) groups is 3. The summed E-state index contributed by atoms with van der Waals surface area (Å²) in [7, 11) is 0. The van der Waals surface area contributed by atoms with Crippen LogP contribution in [0.4, 0.5) is 0 Å². The van der Waals surface area contributed by atoms with E-state index < -0.39 is 11.5 Å². The highest BCUT2D eigenvalue weighted by Gasteiger charge is 2.36.